The summed E-state index contributed by atoms with van der Waals surface area (Å²) in [5.41, 5.74) is 3.50. The molecule has 1 amide bonds. The van der Waals surface area contributed by atoms with E-state index in [-0.39, 0.29) is 11.4 Å². The van der Waals surface area contributed by atoms with Gasteiger partial charge in [0.05, 0.1) is 23.9 Å². The second kappa shape index (κ2) is 8.68. The molecule has 0 aliphatic heterocycles. The minimum atomic E-state index is -0.295. The Bertz CT molecular complexity index is 856. The monoisotopic (exact) mass is 364 g/mol. The molecule has 0 saturated heterocycles. The highest BCUT2D eigenvalue weighted by Gasteiger charge is 2.27. The third-order valence-electron chi connectivity index (χ3n) is 5.05. The van der Waals surface area contributed by atoms with Crippen LogP contribution in [0.5, 0.6) is 0 Å². The van der Waals surface area contributed by atoms with Crippen LogP contribution >= 0.6 is 0 Å². The summed E-state index contributed by atoms with van der Waals surface area (Å²) in [6.45, 7) is 10.5. The summed E-state index contributed by atoms with van der Waals surface area (Å²) >= 11 is 0. The molecule has 0 atom stereocenters. The Labute approximate surface area is 161 Å². The number of rotatable bonds is 7. The van der Waals surface area contributed by atoms with Crippen molar-refractivity contribution in [3.05, 3.63) is 53.4 Å². The summed E-state index contributed by atoms with van der Waals surface area (Å²) in [5.74, 6) is -0.0802. The second-order valence-electron chi connectivity index (χ2n) is 7.23. The topological polar surface area (TPSA) is 61.9 Å². The zero-order valence-corrected chi connectivity index (χ0v) is 16.9. The Hall–Kier alpha value is -2.87. The molecule has 0 aliphatic rings. The van der Waals surface area contributed by atoms with E-state index >= 15 is 0 Å². The number of carbonyl (C=O) groups excluding carboxylic acids is 1. The highest BCUT2D eigenvalue weighted by molar-refractivity contribution is 5.92. The van der Waals surface area contributed by atoms with E-state index in [0.717, 1.165) is 29.1 Å². The van der Waals surface area contributed by atoms with Gasteiger partial charge in [0.15, 0.2) is 0 Å². The first-order valence-electron chi connectivity index (χ1n) is 9.30. The van der Waals surface area contributed by atoms with Crippen LogP contribution in [0.2, 0.25) is 0 Å². The Morgan fingerprint density at radius 2 is 1.96 bits per heavy atom. The van der Waals surface area contributed by atoms with E-state index in [1.165, 1.54) is 0 Å². The van der Waals surface area contributed by atoms with Crippen molar-refractivity contribution in [2.45, 2.75) is 53.0 Å². The highest BCUT2D eigenvalue weighted by Crippen LogP contribution is 2.22. The zero-order chi connectivity index (χ0) is 20.0. The fraction of sp³-hybridized carbons (Fsp3) is 0.409. The van der Waals surface area contributed by atoms with Crippen molar-refractivity contribution >= 4 is 12.0 Å². The number of aromatic nitrogens is 2. The fourth-order valence-electron chi connectivity index (χ4n) is 3.02. The number of carbonyl (C=O) groups is 1. The van der Waals surface area contributed by atoms with Crippen LogP contribution in [-0.4, -0.2) is 32.7 Å². The van der Waals surface area contributed by atoms with Gasteiger partial charge in [0.25, 0.3) is 0 Å². The van der Waals surface area contributed by atoms with Crippen LogP contribution in [-0.2, 0) is 4.79 Å². The largest absolute Gasteiger partial charge is 0.333 e. The molecule has 0 radical (unpaired) electrons. The molecule has 0 saturated carbocycles. The predicted molar refractivity (Wildman–Crippen MR) is 108 cm³/mol. The molecule has 5 nitrogen and oxygen atoms in total. The van der Waals surface area contributed by atoms with Crippen molar-refractivity contribution in [2.75, 3.05) is 6.54 Å². The zero-order valence-electron chi connectivity index (χ0n) is 16.9. The van der Waals surface area contributed by atoms with Crippen molar-refractivity contribution in [1.82, 2.24) is 14.7 Å². The Morgan fingerprint density at radius 3 is 2.56 bits per heavy atom. The minimum Gasteiger partial charge on any atom is -0.333 e. The summed E-state index contributed by atoms with van der Waals surface area (Å²) in [5, 5.41) is 13.5. The van der Waals surface area contributed by atoms with Crippen LogP contribution in [0.3, 0.4) is 0 Å². The summed E-state index contributed by atoms with van der Waals surface area (Å²) in [7, 11) is 0. The quantitative estimate of drug-likeness (QED) is 0.683. The highest BCUT2D eigenvalue weighted by atomic mass is 16.2. The Balaban J connectivity index is 2.30. The van der Waals surface area contributed by atoms with Gasteiger partial charge in [-0.2, -0.15) is 10.4 Å². The number of nitriles is 1. The number of benzene rings is 1. The van der Waals surface area contributed by atoms with Crippen molar-refractivity contribution in [2.24, 2.45) is 0 Å². The molecule has 2 aromatic rings. The van der Waals surface area contributed by atoms with Gasteiger partial charge in [0.1, 0.15) is 0 Å². The van der Waals surface area contributed by atoms with Crippen molar-refractivity contribution in [1.29, 1.82) is 5.26 Å². The lowest BCUT2D eigenvalue weighted by Crippen LogP contribution is -2.47. The average Bonchev–Trinajstić information content (AvgIpc) is 2.94. The second-order valence-corrected chi connectivity index (χ2v) is 7.23. The van der Waals surface area contributed by atoms with Crippen molar-refractivity contribution in [3.63, 3.8) is 0 Å². The predicted octanol–water partition coefficient (Wildman–Crippen LogP) is 4.43. The fourth-order valence-corrected chi connectivity index (χ4v) is 3.02. The van der Waals surface area contributed by atoms with E-state index in [0.29, 0.717) is 13.0 Å². The van der Waals surface area contributed by atoms with E-state index in [1.54, 1.807) is 11.0 Å². The van der Waals surface area contributed by atoms with Crippen LogP contribution in [0.15, 0.2) is 36.4 Å². The van der Waals surface area contributed by atoms with Gasteiger partial charge >= 0.3 is 0 Å². The first-order valence-corrected chi connectivity index (χ1v) is 9.30. The third-order valence-corrected chi connectivity index (χ3v) is 5.05. The summed E-state index contributed by atoms with van der Waals surface area (Å²) < 4.78 is 1.89. The molecular formula is C22H28N4O. The SMILES string of the molecule is CCC(C)(C)N(CCC#N)C(=O)C=Cc1c(C)nn(-c2ccccc2)c1C. The third kappa shape index (κ3) is 4.65. The lowest BCUT2D eigenvalue weighted by Gasteiger charge is -2.37. The maximum Gasteiger partial charge on any atom is 0.247 e. The van der Waals surface area contributed by atoms with E-state index in [2.05, 4.69) is 18.1 Å². The van der Waals surface area contributed by atoms with Gasteiger partial charge in [-0.05, 0) is 52.3 Å². The van der Waals surface area contributed by atoms with Gasteiger partial charge in [-0.1, -0.05) is 25.1 Å². The summed E-state index contributed by atoms with van der Waals surface area (Å²) in [4.78, 5) is 14.6. The van der Waals surface area contributed by atoms with Gasteiger partial charge in [0.2, 0.25) is 5.91 Å². The van der Waals surface area contributed by atoms with Crippen LogP contribution in [0.25, 0.3) is 11.8 Å². The Kier molecular flexibility index (Phi) is 6.57. The smallest absolute Gasteiger partial charge is 0.247 e. The first kappa shape index (κ1) is 20.4. The average molecular weight is 364 g/mol. The molecule has 2 rings (SSSR count). The molecular weight excluding hydrogens is 336 g/mol. The van der Waals surface area contributed by atoms with E-state index in [4.69, 9.17) is 5.26 Å². The molecule has 27 heavy (non-hydrogen) atoms. The summed E-state index contributed by atoms with van der Waals surface area (Å²) in [6.07, 6.45) is 4.58. The van der Waals surface area contributed by atoms with Crippen LogP contribution in [0.4, 0.5) is 0 Å². The van der Waals surface area contributed by atoms with Gasteiger partial charge in [-0.15, -0.1) is 0 Å². The number of amides is 1. The minimum absolute atomic E-state index is 0.0802. The van der Waals surface area contributed by atoms with E-state index < -0.39 is 0 Å². The van der Waals surface area contributed by atoms with Crippen molar-refractivity contribution in [3.8, 4) is 11.8 Å². The van der Waals surface area contributed by atoms with Crippen LogP contribution in [0.1, 0.15) is 50.6 Å². The summed E-state index contributed by atoms with van der Waals surface area (Å²) in [6, 6.07) is 12.1. The van der Waals surface area contributed by atoms with Crippen LogP contribution in [0, 0.1) is 25.2 Å². The molecule has 0 fully saturated rings. The standard InChI is InChI=1S/C22H28N4O/c1-6-22(4,5)25(16-10-15-23)21(27)14-13-20-17(2)24-26(18(20)3)19-11-8-7-9-12-19/h7-9,11-14H,6,10,16H2,1-5H3. The molecule has 0 aliphatic carbocycles. The lowest BCUT2D eigenvalue weighted by molar-refractivity contribution is -0.131. The van der Waals surface area contributed by atoms with E-state index in [1.807, 2.05) is 68.8 Å². The molecule has 0 bridgehead atoms. The first-order chi connectivity index (χ1) is 12.8. The Morgan fingerprint density at radius 1 is 1.30 bits per heavy atom. The van der Waals surface area contributed by atoms with Gasteiger partial charge in [-0.25, -0.2) is 4.68 Å². The molecule has 1 aromatic carbocycles. The molecule has 142 valence electrons. The number of nitrogens with zero attached hydrogens (tertiary/aromatic N) is 4. The van der Waals surface area contributed by atoms with Crippen molar-refractivity contribution < 1.29 is 4.79 Å². The number of para-hydroxylation sites is 1. The maximum atomic E-state index is 12.8. The molecule has 0 spiro atoms. The van der Waals surface area contributed by atoms with Crippen LogP contribution < -0.4 is 0 Å². The van der Waals surface area contributed by atoms with Gasteiger partial charge < -0.3 is 4.90 Å². The molecule has 1 heterocycles. The lowest BCUT2D eigenvalue weighted by atomic mass is 9.98. The van der Waals surface area contributed by atoms with Gasteiger partial charge in [-0.3, -0.25) is 4.79 Å². The molecule has 0 N–H and O–H groups in total. The number of aryl methyl sites for hydroxylation is 1. The number of hydrogen-bond donors (Lipinski definition) is 0. The molecule has 5 heteroatoms. The van der Waals surface area contributed by atoms with Gasteiger partial charge in [0, 0.05) is 29.4 Å². The molecule has 1 aromatic heterocycles. The number of hydrogen-bond acceptors (Lipinski definition) is 3. The molecule has 0 unspecified atom stereocenters. The normalized spacial score (nSPS) is 11.6. The maximum absolute atomic E-state index is 12.8. The van der Waals surface area contributed by atoms with E-state index in [9.17, 15) is 4.79 Å².